The highest BCUT2D eigenvalue weighted by molar-refractivity contribution is 7.09. The molecule has 0 spiro atoms. The van der Waals surface area contributed by atoms with Gasteiger partial charge in [0.1, 0.15) is 5.01 Å². The zero-order valence-corrected chi connectivity index (χ0v) is 12.5. The van der Waals surface area contributed by atoms with Crippen LogP contribution in [0.1, 0.15) is 34.8 Å². The summed E-state index contributed by atoms with van der Waals surface area (Å²) >= 11 is 1.52. The highest BCUT2D eigenvalue weighted by Crippen LogP contribution is 2.23. The maximum absolute atomic E-state index is 12.4. The average molecular weight is 290 g/mol. The summed E-state index contributed by atoms with van der Waals surface area (Å²) in [4.78, 5) is 16.7. The van der Waals surface area contributed by atoms with Crippen molar-refractivity contribution in [3.8, 4) is 0 Å². The Morgan fingerprint density at radius 1 is 1.40 bits per heavy atom. The SMILES string of the molecule is Cc1cc(NN)ccc1C(=O)NC(C)(C)c1nccs1. The molecule has 0 aliphatic heterocycles. The fourth-order valence-corrected chi connectivity index (χ4v) is 2.66. The van der Waals surface area contributed by atoms with Crippen LogP contribution in [-0.4, -0.2) is 10.9 Å². The van der Waals surface area contributed by atoms with E-state index in [0.717, 1.165) is 16.3 Å². The van der Waals surface area contributed by atoms with Crippen LogP contribution < -0.4 is 16.6 Å². The van der Waals surface area contributed by atoms with E-state index in [4.69, 9.17) is 5.84 Å². The number of carbonyl (C=O) groups is 1. The van der Waals surface area contributed by atoms with Crippen LogP contribution in [0.25, 0.3) is 0 Å². The van der Waals surface area contributed by atoms with Crippen LogP contribution in [0.3, 0.4) is 0 Å². The molecule has 5 nitrogen and oxygen atoms in total. The topological polar surface area (TPSA) is 80.0 Å². The number of hydrogen-bond donors (Lipinski definition) is 3. The number of benzene rings is 1. The predicted octanol–water partition coefficient (Wildman–Crippen LogP) is 2.40. The molecule has 1 aromatic carbocycles. The van der Waals surface area contributed by atoms with Gasteiger partial charge in [-0.05, 0) is 44.5 Å². The van der Waals surface area contributed by atoms with Gasteiger partial charge in [-0.3, -0.25) is 10.6 Å². The van der Waals surface area contributed by atoms with Crippen LogP contribution in [0, 0.1) is 6.92 Å². The van der Waals surface area contributed by atoms with Crippen molar-refractivity contribution >= 4 is 22.9 Å². The number of rotatable bonds is 4. The second-order valence-electron chi connectivity index (χ2n) is 5.09. The van der Waals surface area contributed by atoms with Crippen molar-refractivity contribution < 1.29 is 4.79 Å². The lowest BCUT2D eigenvalue weighted by Gasteiger charge is -2.24. The van der Waals surface area contributed by atoms with Crippen LogP contribution in [0.15, 0.2) is 29.8 Å². The molecule has 1 aromatic heterocycles. The van der Waals surface area contributed by atoms with Gasteiger partial charge >= 0.3 is 0 Å². The maximum Gasteiger partial charge on any atom is 0.252 e. The number of hydrogen-bond acceptors (Lipinski definition) is 5. The van der Waals surface area contributed by atoms with Crippen molar-refractivity contribution in [2.24, 2.45) is 5.84 Å². The highest BCUT2D eigenvalue weighted by Gasteiger charge is 2.26. The Labute approximate surface area is 122 Å². The number of anilines is 1. The molecule has 1 amide bonds. The molecule has 0 aliphatic rings. The van der Waals surface area contributed by atoms with Crippen LogP contribution in [0.4, 0.5) is 5.69 Å². The molecule has 0 saturated carbocycles. The molecule has 0 unspecified atom stereocenters. The zero-order valence-electron chi connectivity index (χ0n) is 11.7. The molecule has 2 aromatic rings. The second kappa shape index (κ2) is 5.60. The lowest BCUT2D eigenvalue weighted by Crippen LogP contribution is -2.41. The van der Waals surface area contributed by atoms with Gasteiger partial charge < -0.3 is 10.7 Å². The highest BCUT2D eigenvalue weighted by atomic mass is 32.1. The van der Waals surface area contributed by atoms with E-state index >= 15 is 0 Å². The van der Waals surface area contributed by atoms with Crippen molar-refractivity contribution in [2.75, 3.05) is 5.43 Å². The normalized spacial score (nSPS) is 11.2. The predicted molar refractivity (Wildman–Crippen MR) is 81.6 cm³/mol. The fourth-order valence-electron chi connectivity index (χ4n) is 1.94. The minimum absolute atomic E-state index is 0.119. The minimum Gasteiger partial charge on any atom is -0.341 e. The number of nitrogens with zero attached hydrogens (tertiary/aromatic N) is 1. The first-order valence-electron chi connectivity index (χ1n) is 6.24. The molecule has 20 heavy (non-hydrogen) atoms. The molecule has 106 valence electrons. The third kappa shape index (κ3) is 2.97. The zero-order chi connectivity index (χ0) is 14.8. The quantitative estimate of drug-likeness (QED) is 0.596. The van der Waals surface area contributed by atoms with E-state index in [1.807, 2.05) is 32.2 Å². The lowest BCUT2D eigenvalue weighted by molar-refractivity contribution is 0.0911. The number of nitrogens with one attached hydrogen (secondary N) is 2. The van der Waals surface area contributed by atoms with E-state index in [-0.39, 0.29) is 5.91 Å². The number of nitrogens with two attached hydrogens (primary N) is 1. The molecule has 0 fully saturated rings. The van der Waals surface area contributed by atoms with E-state index in [0.29, 0.717) is 5.56 Å². The smallest absolute Gasteiger partial charge is 0.252 e. The van der Waals surface area contributed by atoms with Crippen LogP contribution >= 0.6 is 11.3 Å². The number of carbonyl (C=O) groups excluding carboxylic acids is 1. The molecule has 0 radical (unpaired) electrons. The monoisotopic (exact) mass is 290 g/mol. The first-order valence-corrected chi connectivity index (χ1v) is 7.12. The van der Waals surface area contributed by atoms with Gasteiger partial charge in [-0.15, -0.1) is 11.3 Å². The Kier molecular flexibility index (Phi) is 4.06. The first kappa shape index (κ1) is 14.5. The third-order valence-corrected chi connectivity index (χ3v) is 4.13. The Bertz CT molecular complexity index is 608. The number of aromatic nitrogens is 1. The van der Waals surface area contributed by atoms with Crippen molar-refractivity contribution in [2.45, 2.75) is 26.3 Å². The summed E-state index contributed by atoms with van der Waals surface area (Å²) in [6, 6.07) is 5.38. The number of hydrazine groups is 1. The number of aryl methyl sites for hydroxylation is 1. The Morgan fingerprint density at radius 3 is 2.70 bits per heavy atom. The summed E-state index contributed by atoms with van der Waals surface area (Å²) in [5.41, 5.74) is 4.34. The van der Waals surface area contributed by atoms with Crippen LogP contribution in [0.5, 0.6) is 0 Å². The summed E-state index contributed by atoms with van der Waals surface area (Å²) in [5.74, 6) is 5.23. The summed E-state index contributed by atoms with van der Waals surface area (Å²) < 4.78 is 0. The van der Waals surface area contributed by atoms with Gasteiger partial charge in [0.15, 0.2) is 0 Å². The molecular weight excluding hydrogens is 272 g/mol. The average Bonchev–Trinajstić information content (AvgIpc) is 2.92. The summed E-state index contributed by atoms with van der Waals surface area (Å²) in [6.45, 7) is 5.76. The largest absolute Gasteiger partial charge is 0.341 e. The van der Waals surface area contributed by atoms with Gasteiger partial charge in [-0.25, -0.2) is 4.98 Å². The van der Waals surface area contributed by atoms with Crippen LogP contribution in [-0.2, 0) is 5.54 Å². The van der Waals surface area contributed by atoms with E-state index in [1.165, 1.54) is 11.3 Å². The molecule has 0 saturated heterocycles. The minimum atomic E-state index is -0.498. The van der Waals surface area contributed by atoms with Crippen molar-refractivity contribution in [3.05, 3.63) is 45.9 Å². The Balaban J connectivity index is 2.20. The summed E-state index contributed by atoms with van der Waals surface area (Å²) in [5, 5.41) is 5.79. The van der Waals surface area contributed by atoms with Gasteiger partial charge in [0.2, 0.25) is 0 Å². The maximum atomic E-state index is 12.4. The van der Waals surface area contributed by atoms with Gasteiger partial charge in [0.25, 0.3) is 5.91 Å². The van der Waals surface area contributed by atoms with E-state index in [9.17, 15) is 4.79 Å². The van der Waals surface area contributed by atoms with E-state index < -0.39 is 5.54 Å². The molecule has 0 atom stereocenters. The van der Waals surface area contributed by atoms with Gasteiger partial charge in [-0.1, -0.05) is 0 Å². The van der Waals surface area contributed by atoms with Crippen LogP contribution in [0.2, 0.25) is 0 Å². The van der Waals surface area contributed by atoms with Crippen molar-refractivity contribution in [1.82, 2.24) is 10.3 Å². The number of thiazole rings is 1. The van der Waals surface area contributed by atoms with Gasteiger partial charge in [0, 0.05) is 22.8 Å². The third-order valence-electron chi connectivity index (χ3n) is 3.03. The molecule has 2 rings (SSSR count). The molecule has 1 heterocycles. The lowest BCUT2D eigenvalue weighted by atomic mass is 10.0. The molecule has 0 aliphatic carbocycles. The van der Waals surface area contributed by atoms with E-state index in [1.54, 1.807) is 18.3 Å². The Morgan fingerprint density at radius 2 is 2.15 bits per heavy atom. The Hall–Kier alpha value is -1.92. The molecule has 0 bridgehead atoms. The summed E-state index contributed by atoms with van der Waals surface area (Å²) in [6.07, 6.45) is 1.74. The molecule has 4 N–H and O–H groups in total. The van der Waals surface area contributed by atoms with Crippen molar-refractivity contribution in [3.63, 3.8) is 0 Å². The van der Waals surface area contributed by atoms with E-state index in [2.05, 4.69) is 15.7 Å². The number of nitrogen functional groups attached to an aromatic ring is 1. The standard InChI is InChI=1S/C14H18N4OS/c1-9-8-10(18-15)4-5-11(9)12(19)17-14(2,3)13-16-6-7-20-13/h4-8,18H,15H2,1-3H3,(H,17,19). The fraction of sp³-hybridized carbons (Fsp3) is 0.286. The molecular formula is C14H18N4OS. The first-order chi connectivity index (χ1) is 9.44. The van der Waals surface area contributed by atoms with Gasteiger partial charge in [-0.2, -0.15) is 0 Å². The van der Waals surface area contributed by atoms with Crippen molar-refractivity contribution in [1.29, 1.82) is 0 Å². The summed E-state index contributed by atoms with van der Waals surface area (Å²) in [7, 11) is 0. The van der Waals surface area contributed by atoms with Gasteiger partial charge in [0.05, 0.1) is 5.54 Å². The molecule has 6 heteroatoms. The number of amides is 1. The second-order valence-corrected chi connectivity index (χ2v) is 5.98.